The van der Waals surface area contributed by atoms with E-state index >= 15 is 0 Å². The SMILES string of the molecule is O=C(N(c1ccccc1)c1ccccc1)N(c1ccccc1)c1ccccn1. The largest absolute Gasteiger partial charge is 0.339 e. The summed E-state index contributed by atoms with van der Waals surface area (Å²) in [4.78, 5) is 21.6. The van der Waals surface area contributed by atoms with Crippen LogP contribution in [0.1, 0.15) is 0 Å². The molecule has 0 radical (unpaired) electrons. The first-order valence-electron chi connectivity index (χ1n) is 9.05. The molecular weight excluding hydrogens is 346 g/mol. The van der Waals surface area contributed by atoms with Gasteiger partial charge in [-0.1, -0.05) is 60.7 Å². The summed E-state index contributed by atoms with van der Waals surface area (Å²) in [6, 6.07) is 34.1. The van der Waals surface area contributed by atoms with Gasteiger partial charge in [0, 0.05) is 6.20 Å². The van der Waals surface area contributed by atoms with E-state index in [4.69, 9.17) is 0 Å². The molecule has 0 N–H and O–H groups in total. The average Bonchev–Trinajstić information content (AvgIpc) is 2.77. The Morgan fingerprint density at radius 2 is 0.964 bits per heavy atom. The molecule has 4 rings (SSSR count). The summed E-state index contributed by atoms with van der Waals surface area (Å²) in [5, 5.41) is 0. The van der Waals surface area contributed by atoms with Gasteiger partial charge in [0.15, 0.2) is 0 Å². The molecule has 2 amide bonds. The first kappa shape index (κ1) is 17.5. The number of pyridine rings is 1. The molecule has 0 saturated carbocycles. The fourth-order valence-electron chi connectivity index (χ4n) is 3.03. The van der Waals surface area contributed by atoms with Gasteiger partial charge in [0.25, 0.3) is 0 Å². The van der Waals surface area contributed by atoms with E-state index in [9.17, 15) is 4.79 Å². The minimum atomic E-state index is -0.206. The van der Waals surface area contributed by atoms with E-state index in [1.54, 1.807) is 16.0 Å². The Morgan fingerprint density at radius 1 is 0.536 bits per heavy atom. The summed E-state index contributed by atoms with van der Waals surface area (Å²) in [5.41, 5.74) is 2.33. The third kappa shape index (κ3) is 3.62. The van der Waals surface area contributed by atoms with Crippen molar-refractivity contribution in [2.75, 3.05) is 9.80 Å². The lowest BCUT2D eigenvalue weighted by Gasteiger charge is -2.30. The highest BCUT2D eigenvalue weighted by Crippen LogP contribution is 2.31. The number of carbonyl (C=O) groups excluding carboxylic acids is 1. The molecule has 0 aliphatic carbocycles. The molecule has 0 aliphatic heterocycles. The van der Waals surface area contributed by atoms with Gasteiger partial charge in [0.2, 0.25) is 0 Å². The Bertz CT molecular complexity index is 858. The summed E-state index contributed by atoms with van der Waals surface area (Å²) in [6.45, 7) is 0. The molecule has 0 aliphatic rings. The van der Waals surface area contributed by atoms with Gasteiger partial charge in [-0.2, -0.15) is 0 Å². The lowest BCUT2D eigenvalue weighted by Crippen LogP contribution is -2.38. The zero-order valence-corrected chi connectivity index (χ0v) is 15.2. The van der Waals surface area contributed by atoms with Crippen LogP contribution in [0.15, 0.2) is 115 Å². The number of benzene rings is 3. The fraction of sp³-hybridized carbons (Fsp3) is 0. The van der Waals surface area contributed by atoms with Gasteiger partial charge < -0.3 is 0 Å². The lowest BCUT2D eigenvalue weighted by molar-refractivity contribution is 0.255. The molecule has 3 aromatic carbocycles. The maximum atomic E-state index is 13.9. The van der Waals surface area contributed by atoms with Crippen molar-refractivity contribution in [1.82, 2.24) is 4.98 Å². The number of anilines is 4. The van der Waals surface area contributed by atoms with Gasteiger partial charge in [-0.15, -0.1) is 0 Å². The maximum Gasteiger partial charge on any atom is 0.339 e. The van der Waals surface area contributed by atoms with Crippen molar-refractivity contribution < 1.29 is 4.79 Å². The second kappa shape index (κ2) is 8.18. The molecule has 0 unspecified atom stereocenters. The normalized spacial score (nSPS) is 10.3. The number of hydrogen-bond acceptors (Lipinski definition) is 2. The number of amides is 2. The third-order valence-electron chi connectivity index (χ3n) is 4.30. The van der Waals surface area contributed by atoms with Crippen molar-refractivity contribution in [3.05, 3.63) is 115 Å². The van der Waals surface area contributed by atoms with Crippen LogP contribution >= 0.6 is 0 Å². The predicted octanol–water partition coefficient (Wildman–Crippen LogP) is 6.18. The predicted molar refractivity (Wildman–Crippen MR) is 113 cm³/mol. The van der Waals surface area contributed by atoms with Crippen molar-refractivity contribution in [3.8, 4) is 0 Å². The summed E-state index contributed by atoms with van der Waals surface area (Å²) in [6.07, 6.45) is 1.69. The smallest absolute Gasteiger partial charge is 0.262 e. The van der Waals surface area contributed by atoms with Crippen molar-refractivity contribution in [1.29, 1.82) is 0 Å². The highest BCUT2D eigenvalue weighted by atomic mass is 16.2. The number of rotatable bonds is 4. The summed E-state index contributed by atoms with van der Waals surface area (Å²) in [7, 11) is 0. The average molecular weight is 365 g/mol. The van der Waals surface area contributed by atoms with E-state index in [-0.39, 0.29) is 6.03 Å². The van der Waals surface area contributed by atoms with E-state index in [2.05, 4.69) is 4.98 Å². The van der Waals surface area contributed by atoms with E-state index in [0.29, 0.717) is 5.82 Å². The summed E-state index contributed by atoms with van der Waals surface area (Å²) in [5.74, 6) is 0.565. The van der Waals surface area contributed by atoms with Crippen LogP contribution in [0.2, 0.25) is 0 Å². The zero-order valence-electron chi connectivity index (χ0n) is 15.2. The molecule has 0 fully saturated rings. The molecule has 0 bridgehead atoms. The Balaban J connectivity index is 1.85. The Morgan fingerprint density at radius 3 is 1.39 bits per heavy atom. The number of nitrogens with zero attached hydrogens (tertiary/aromatic N) is 3. The molecular formula is C24H19N3O. The van der Waals surface area contributed by atoms with Gasteiger partial charge >= 0.3 is 6.03 Å². The van der Waals surface area contributed by atoms with Crippen LogP contribution in [0.3, 0.4) is 0 Å². The van der Waals surface area contributed by atoms with Crippen molar-refractivity contribution in [3.63, 3.8) is 0 Å². The summed E-state index contributed by atoms with van der Waals surface area (Å²) >= 11 is 0. The van der Waals surface area contributed by atoms with E-state index in [1.807, 2.05) is 109 Å². The Hall–Kier alpha value is -3.92. The fourth-order valence-corrected chi connectivity index (χ4v) is 3.03. The monoisotopic (exact) mass is 365 g/mol. The van der Waals surface area contributed by atoms with Gasteiger partial charge in [0.1, 0.15) is 5.82 Å². The van der Waals surface area contributed by atoms with Crippen LogP contribution in [0, 0.1) is 0 Å². The van der Waals surface area contributed by atoms with Crippen molar-refractivity contribution in [2.24, 2.45) is 0 Å². The number of carbonyl (C=O) groups is 1. The molecule has 0 atom stereocenters. The van der Waals surface area contributed by atoms with Crippen LogP contribution in [-0.2, 0) is 0 Å². The number of urea groups is 1. The van der Waals surface area contributed by atoms with Crippen molar-refractivity contribution >= 4 is 28.9 Å². The van der Waals surface area contributed by atoms with Gasteiger partial charge in [-0.25, -0.2) is 14.7 Å². The molecule has 1 heterocycles. The molecule has 4 nitrogen and oxygen atoms in total. The minimum absolute atomic E-state index is 0.206. The molecule has 1 aromatic heterocycles. The van der Waals surface area contributed by atoms with Crippen LogP contribution in [0.25, 0.3) is 0 Å². The van der Waals surface area contributed by atoms with Crippen LogP contribution in [0.5, 0.6) is 0 Å². The van der Waals surface area contributed by atoms with Crippen LogP contribution < -0.4 is 9.80 Å². The van der Waals surface area contributed by atoms with E-state index in [1.165, 1.54) is 0 Å². The highest BCUT2D eigenvalue weighted by molar-refractivity contribution is 6.12. The maximum absolute atomic E-state index is 13.9. The quantitative estimate of drug-likeness (QED) is 0.433. The van der Waals surface area contributed by atoms with Gasteiger partial charge in [0.05, 0.1) is 17.1 Å². The van der Waals surface area contributed by atoms with Crippen LogP contribution in [-0.4, -0.2) is 11.0 Å². The number of hydrogen-bond donors (Lipinski definition) is 0. The lowest BCUT2D eigenvalue weighted by atomic mass is 10.2. The first-order valence-corrected chi connectivity index (χ1v) is 9.05. The first-order chi connectivity index (χ1) is 13.8. The summed E-state index contributed by atoms with van der Waals surface area (Å²) < 4.78 is 0. The molecule has 4 heteroatoms. The molecule has 136 valence electrons. The standard InChI is InChI=1S/C24H19N3O/c28-24(26(20-12-4-1-5-13-20)21-14-6-2-7-15-21)27(22-16-8-3-9-17-22)23-18-10-11-19-25-23/h1-19H. The van der Waals surface area contributed by atoms with Crippen molar-refractivity contribution in [2.45, 2.75) is 0 Å². The molecule has 28 heavy (non-hydrogen) atoms. The molecule has 0 saturated heterocycles. The minimum Gasteiger partial charge on any atom is -0.262 e. The van der Waals surface area contributed by atoms with Gasteiger partial charge in [-0.05, 0) is 48.5 Å². The zero-order chi connectivity index (χ0) is 19.2. The second-order valence-electron chi connectivity index (χ2n) is 6.15. The van der Waals surface area contributed by atoms with E-state index in [0.717, 1.165) is 17.1 Å². The number of para-hydroxylation sites is 3. The Labute approximate surface area is 164 Å². The second-order valence-corrected chi connectivity index (χ2v) is 6.15. The Kier molecular flexibility index (Phi) is 5.11. The van der Waals surface area contributed by atoms with Crippen LogP contribution in [0.4, 0.5) is 27.7 Å². The molecule has 4 aromatic rings. The highest BCUT2D eigenvalue weighted by Gasteiger charge is 2.27. The topological polar surface area (TPSA) is 36.4 Å². The third-order valence-corrected chi connectivity index (χ3v) is 4.30. The molecule has 0 spiro atoms. The van der Waals surface area contributed by atoms with Gasteiger partial charge in [-0.3, -0.25) is 4.90 Å². The van der Waals surface area contributed by atoms with E-state index < -0.39 is 0 Å². The number of aromatic nitrogens is 1.